The molecule has 17 heavy (non-hydrogen) atoms. The number of carboxylic acid groups (broad SMARTS) is 1. The highest BCUT2D eigenvalue weighted by atomic mass is 16.4. The maximum absolute atomic E-state index is 11.7. The van der Waals surface area contributed by atoms with E-state index in [4.69, 9.17) is 15.3 Å². The zero-order valence-electron chi connectivity index (χ0n) is 9.23. The fourth-order valence-corrected chi connectivity index (χ4v) is 1.72. The van der Waals surface area contributed by atoms with Crippen molar-refractivity contribution in [3.05, 3.63) is 23.7 Å². The molecule has 1 saturated carbocycles. The smallest absolute Gasteiger partial charge is 0.371 e. The van der Waals surface area contributed by atoms with E-state index in [1.54, 1.807) is 0 Å². The van der Waals surface area contributed by atoms with E-state index in [1.165, 1.54) is 12.1 Å². The highest BCUT2D eigenvalue weighted by Gasteiger charge is 2.39. The van der Waals surface area contributed by atoms with E-state index in [1.807, 2.05) is 0 Å². The van der Waals surface area contributed by atoms with Gasteiger partial charge in [0.05, 0.1) is 12.1 Å². The van der Waals surface area contributed by atoms with Crippen LogP contribution < -0.4 is 11.1 Å². The first-order valence-electron chi connectivity index (χ1n) is 5.40. The number of carbonyl (C=O) groups excluding carboxylic acids is 1. The zero-order chi connectivity index (χ0) is 12.5. The lowest BCUT2D eigenvalue weighted by molar-refractivity contribution is -0.129. The Hall–Kier alpha value is -1.82. The Morgan fingerprint density at radius 2 is 2.18 bits per heavy atom. The van der Waals surface area contributed by atoms with Crippen LogP contribution in [0.4, 0.5) is 0 Å². The average Bonchev–Trinajstić information content (AvgIpc) is 2.71. The van der Waals surface area contributed by atoms with E-state index < -0.39 is 11.5 Å². The molecule has 0 radical (unpaired) electrons. The molecule has 0 aromatic carbocycles. The molecule has 92 valence electrons. The van der Waals surface area contributed by atoms with Crippen molar-refractivity contribution < 1.29 is 19.1 Å². The van der Waals surface area contributed by atoms with Crippen LogP contribution in [-0.4, -0.2) is 22.5 Å². The molecule has 1 amide bonds. The standard InChI is InChI=1S/C11H14N2O4/c12-11(4-1-5-11)10(16)13-6-7-2-3-8(17-7)9(14)15/h2-3H,1,4-6,12H2,(H,13,16)(H,14,15). The Kier molecular flexibility index (Phi) is 2.89. The number of rotatable bonds is 4. The minimum absolute atomic E-state index is 0.139. The van der Waals surface area contributed by atoms with Crippen LogP contribution in [0.3, 0.4) is 0 Å². The number of hydrogen-bond acceptors (Lipinski definition) is 4. The Labute approximate surface area is 97.8 Å². The molecule has 1 aliphatic carbocycles. The van der Waals surface area contributed by atoms with Crippen LogP contribution >= 0.6 is 0 Å². The molecule has 0 unspecified atom stereocenters. The van der Waals surface area contributed by atoms with Gasteiger partial charge in [0.2, 0.25) is 11.7 Å². The van der Waals surface area contributed by atoms with Gasteiger partial charge in [-0.25, -0.2) is 4.79 Å². The van der Waals surface area contributed by atoms with Gasteiger partial charge in [-0.1, -0.05) is 0 Å². The van der Waals surface area contributed by atoms with Crippen molar-refractivity contribution in [2.24, 2.45) is 5.73 Å². The molecular weight excluding hydrogens is 224 g/mol. The van der Waals surface area contributed by atoms with E-state index in [-0.39, 0.29) is 18.2 Å². The van der Waals surface area contributed by atoms with Crippen LogP contribution in [0.25, 0.3) is 0 Å². The van der Waals surface area contributed by atoms with Gasteiger partial charge in [-0.15, -0.1) is 0 Å². The number of hydrogen-bond donors (Lipinski definition) is 3. The molecule has 0 aliphatic heterocycles. The van der Waals surface area contributed by atoms with Crippen molar-refractivity contribution in [3.63, 3.8) is 0 Å². The topological polar surface area (TPSA) is 106 Å². The molecular formula is C11H14N2O4. The summed E-state index contributed by atoms with van der Waals surface area (Å²) in [5.41, 5.74) is 5.08. The van der Waals surface area contributed by atoms with Crippen LogP contribution in [0.2, 0.25) is 0 Å². The van der Waals surface area contributed by atoms with Gasteiger partial charge >= 0.3 is 5.97 Å². The number of amides is 1. The number of aromatic carboxylic acids is 1. The molecule has 1 aliphatic rings. The SMILES string of the molecule is NC1(C(=O)NCc2ccc(C(=O)O)o2)CCC1. The minimum atomic E-state index is -1.13. The van der Waals surface area contributed by atoms with E-state index >= 15 is 0 Å². The van der Waals surface area contributed by atoms with Crippen LogP contribution in [0.1, 0.15) is 35.6 Å². The lowest BCUT2D eigenvalue weighted by atomic mass is 9.77. The second kappa shape index (κ2) is 4.21. The van der Waals surface area contributed by atoms with Crippen molar-refractivity contribution in [1.82, 2.24) is 5.32 Å². The number of carboxylic acids is 1. The molecule has 1 fully saturated rings. The number of nitrogens with one attached hydrogen (secondary N) is 1. The summed E-state index contributed by atoms with van der Waals surface area (Å²) in [7, 11) is 0. The van der Waals surface area contributed by atoms with Gasteiger partial charge in [0.25, 0.3) is 0 Å². The van der Waals surface area contributed by atoms with Crippen molar-refractivity contribution in [1.29, 1.82) is 0 Å². The predicted octanol–water partition coefficient (Wildman–Crippen LogP) is 0.475. The monoisotopic (exact) mass is 238 g/mol. The molecule has 6 nitrogen and oxygen atoms in total. The largest absolute Gasteiger partial charge is 0.475 e. The van der Waals surface area contributed by atoms with Crippen LogP contribution in [0.5, 0.6) is 0 Å². The Morgan fingerprint density at radius 1 is 1.47 bits per heavy atom. The summed E-state index contributed by atoms with van der Waals surface area (Å²) >= 11 is 0. The van der Waals surface area contributed by atoms with Crippen LogP contribution in [-0.2, 0) is 11.3 Å². The maximum Gasteiger partial charge on any atom is 0.371 e. The highest BCUT2D eigenvalue weighted by molar-refractivity contribution is 5.87. The molecule has 2 rings (SSSR count). The summed E-state index contributed by atoms with van der Waals surface area (Å²) in [6.07, 6.45) is 2.35. The first-order valence-corrected chi connectivity index (χ1v) is 5.40. The molecule has 6 heteroatoms. The third-order valence-electron chi connectivity index (χ3n) is 2.99. The summed E-state index contributed by atoms with van der Waals surface area (Å²) in [4.78, 5) is 22.2. The average molecular weight is 238 g/mol. The highest BCUT2D eigenvalue weighted by Crippen LogP contribution is 2.29. The molecule has 1 heterocycles. The fourth-order valence-electron chi connectivity index (χ4n) is 1.72. The minimum Gasteiger partial charge on any atom is -0.475 e. The lowest BCUT2D eigenvalue weighted by Gasteiger charge is -2.36. The molecule has 0 saturated heterocycles. The van der Waals surface area contributed by atoms with E-state index in [0.29, 0.717) is 18.6 Å². The third kappa shape index (κ3) is 2.31. The van der Waals surface area contributed by atoms with Crippen molar-refractivity contribution in [2.75, 3.05) is 0 Å². The van der Waals surface area contributed by atoms with Gasteiger partial charge in [-0.05, 0) is 31.4 Å². The van der Waals surface area contributed by atoms with Gasteiger partial charge < -0.3 is 20.6 Å². The molecule has 1 aromatic heterocycles. The second-order valence-corrected chi connectivity index (χ2v) is 4.26. The summed E-state index contributed by atoms with van der Waals surface area (Å²) in [5.74, 6) is -1.08. The fraction of sp³-hybridized carbons (Fsp3) is 0.455. The van der Waals surface area contributed by atoms with Crippen molar-refractivity contribution >= 4 is 11.9 Å². The second-order valence-electron chi connectivity index (χ2n) is 4.26. The maximum atomic E-state index is 11.7. The van der Waals surface area contributed by atoms with Crippen LogP contribution in [0.15, 0.2) is 16.5 Å². The Morgan fingerprint density at radius 3 is 2.65 bits per heavy atom. The van der Waals surface area contributed by atoms with Crippen LogP contribution in [0, 0.1) is 0 Å². The summed E-state index contributed by atoms with van der Waals surface area (Å²) in [6, 6.07) is 2.87. The van der Waals surface area contributed by atoms with Gasteiger partial charge in [-0.3, -0.25) is 4.79 Å². The third-order valence-corrected chi connectivity index (χ3v) is 2.99. The normalized spacial score (nSPS) is 17.2. The van der Waals surface area contributed by atoms with Crippen molar-refractivity contribution in [3.8, 4) is 0 Å². The Bertz CT molecular complexity index is 448. The predicted molar refractivity (Wildman–Crippen MR) is 58.3 cm³/mol. The Balaban J connectivity index is 1.89. The number of nitrogens with two attached hydrogens (primary N) is 1. The zero-order valence-corrected chi connectivity index (χ0v) is 9.23. The molecule has 0 atom stereocenters. The number of furan rings is 1. The van der Waals surface area contributed by atoms with Gasteiger partial charge in [0.15, 0.2) is 0 Å². The van der Waals surface area contributed by atoms with Gasteiger partial charge in [-0.2, -0.15) is 0 Å². The number of carbonyl (C=O) groups is 2. The first-order chi connectivity index (χ1) is 8.01. The van der Waals surface area contributed by atoms with E-state index in [2.05, 4.69) is 5.32 Å². The molecule has 0 spiro atoms. The van der Waals surface area contributed by atoms with E-state index in [9.17, 15) is 9.59 Å². The quantitative estimate of drug-likeness (QED) is 0.707. The van der Waals surface area contributed by atoms with Crippen molar-refractivity contribution in [2.45, 2.75) is 31.3 Å². The summed E-state index contributed by atoms with van der Waals surface area (Å²) in [5, 5.41) is 11.3. The van der Waals surface area contributed by atoms with E-state index in [0.717, 1.165) is 6.42 Å². The molecule has 1 aromatic rings. The van der Waals surface area contributed by atoms with Gasteiger partial charge in [0.1, 0.15) is 5.76 Å². The molecule has 0 bridgehead atoms. The summed E-state index contributed by atoms with van der Waals surface area (Å²) < 4.78 is 5.00. The van der Waals surface area contributed by atoms with Gasteiger partial charge in [0, 0.05) is 0 Å². The molecule has 4 N–H and O–H groups in total. The lowest BCUT2D eigenvalue weighted by Crippen LogP contribution is -2.58. The first kappa shape index (κ1) is 11.7. The summed E-state index contributed by atoms with van der Waals surface area (Å²) in [6.45, 7) is 0.158.